The van der Waals surface area contributed by atoms with Gasteiger partial charge in [0.1, 0.15) is 6.73 Å². The number of hydrogen-bond donors (Lipinski definition) is 2. The van der Waals surface area contributed by atoms with Crippen LogP contribution in [0, 0.1) is 0 Å². The Balaban J connectivity index is 2.01. The topological polar surface area (TPSA) is 123 Å². The number of nitrogens with zero attached hydrogens (tertiary/aromatic N) is 3. The van der Waals surface area contributed by atoms with E-state index >= 15 is 0 Å². The van der Waals surface area contributed by atoms with Gasteiger partial charge in [0.15, 0.2) is 0 Å². The molecule has 9 nitrogen and oxygen atoms in total. The number of aromatic nitrogens is 2. The van der Waals surface area contributed by atoms with Gasteiger partial charge in [-0.3, -0.25) is 9.32 Å². The lowest BCUT2D eigenvalue weighted by Gasteiger charge is -2.05. The molecular formula is C17H14Cl2N3O6PS. The Morgan fingerprint density at radius 2 is 1.63 bits per heavy atom. The largest absolute Gasteiger partial charge is 0.471 e. The number of hydrogen-bond acceptors (Lipinski definition) is 5. The van der Waals surface area contributed by atoms with Crippen LogP contribution in [0.4, 0.5) is 0 Å². The van der Waals surface area contributed by atoms with E-state index in [-0.39, 0.29) is 16.9 Å². The van der Waals surface area contributed by atoms with Crippen molar-refractivity contribution >= 4 is 48.5 Å². The van der Waals surface area contributed by atoms with Crippen molar-refractivity contribution in [1.82, 2.24) is 8.52 Å². The molecule has 0 aliphatic rings. The van der Waals surface area contributed by atoms with Crippen LogP contribution in [0.2, 0.25) is 10.0 Å². The van der Waals surface area contributed by atoms with Crippen molar-refractivity contribution in [1.29, 1.82) is 0 Å². The van der Waals surface area contributed by atoms with E-state index in [0.717, 1.165) is 21.7 Å². The SMILES string of the molecule is O=C(/N=c1/sn(Cc2ccc(Cl)cc2)c(=O)n1COP(=O)(O)O)c1ccc(Cl)cc1. The third kappa shape index (κ3) is 5.99. The zero-order chi connectivity index (χ0) is 21.9. The monoisotopic (exact) mass is 489 g/mol. The lowest BCUT2D eigenvalue weighted by molar-refractivity contribution is 0.0996. The van der Waals surface area contributed by atoms with E-state index in [2.05, 4.69) is 9.52 Å². The van der Waals surface area contributed by atoms with Gasteiger partial charge in [0.2, 0.25) is 4.80 Å². The van der Waals surface area contributed by atoms with Crippen molar-refractivity contribution in [2.24, 2.45) is 4.99 Å². The van der Waals surface area contributed by atoms with Crippen LogP contribution in [0.5, 0.6) is 0 Å². The van der Waals surface area contributed by atoms with Crippen LogP contribution in [0.25, 0.3) is 0 Å². The molecule has 0 aliphatic carbocycles. The molecule has 1 heterocycles. The molecule has 1 amide bonds. The molecule has 1 aromatic heterocycles. The molecule has 2 aromatic carbocycles. The maximum absolute atomic E-state index is 12.7. The minimum Gasteiger partial charge on any atom is -0.303 e. The average Bonchev–Trinajstić information content (AvgIpc) is 2.96. The van der Waals surface area contributed by atoms with Gasteiger partial charge in [-0.05, 0) is 53.5 Å². The summed E-state index contributed by atoms with van der Waals surface area (Å²) in [6.07, 6.45) is 0. The summed E-state index contributed by atoms with van der Waals surface area (Å²) in [5.74, 6) is -0.656. The molecule has 13 heteroatoms. The second kappa shape index (κ2) is 9.40. The van der Waals surface area contributed by atoms with Gasteiger partial charge in [-0.2, -0.15) is 4.99 Å². The Morgan fingerprint density at radius 1 is 1.07 bits per heavy atom. The molecular weight excluding hydrogens is 476 g/mol. The molecule has 3 rings (SSSR count). The number of benzene rings is 2. The van der Waals surface area contributed by atoms with Crippen molar-refractivity contribution in [3.05, 3.63) is 85.0 Å². The molecule has 0 fully saturated rings. The molecule has 30 heavy (non-hydrogen) atoms. The van der Waals surface area contributed by atoms with Gasteiger partial charge in [0.05, 0.1) is 6.54 Å². The first kappa shape index (κ1) is 22.6. The standard InChI is InChI=1S/C17H14Cl2N3O6PS/c18-13-5-1-11(2-6-13)9-22-17(24)21(10-28-29(25,26)27)16(30-22)20-15(23)12-3-7-14(19)8-4-12/h1-8H,9-10H2,(H2,25,26,27)/b20-16+. The predicted octanol–water partition coefficient (Wildman–Crippen LogP) is 2.87. The van der Waals surface area contributed by atoms with Crippen molar-refractivity contribution in [3.63, 3.8) is 0 Å². The van der Waals surface area contributed by atoms with Gasteiger partial charge < -0.3 is 9.79 Å². The van der Waals surface area contributed by atoms with E-state index < -0.39 is 26.2 Å². The van der Waals surface area contributed by atoms with E-state index in [9.17, 15) is 14.2 Å². The number of amides is 1. The highest BCUT2D eigenvalue weighted by atomic mass is 35.5. The number of rotatable bonds is 6. The smallest absolute Gasteiger partial charge is 0.303 e. The van der Waals surface area contributed by atoms with Crippen molar-refractivity contribution < 1.29 is 23.7 Å². The molecule has 0 saturated carbocycles. The molecule has 0 spiro atoms. The summed E-state index contributed by atoms with van der Waals surface area (Å²) in [6, 6.07) is 12.7. The van der Waals surface area contributed by atoms with E-state index in [1.54, 1.807) is 24.3 Å². The maximum atomic E-state index is 12.7. The van der Waals surface area contributed by atoms with Gasteiger partial charge >= 0.3 is 13.5 Å². The highest BCUT2D eigenvalue weighted by molar-refractivity contribution is 7.46. The van der Waals surface area contributed by atoms with Crippen LogP contribution >= 0.6 is 42.6 Å². The van der Waals surface area contributed by atoms with Gasteiger partial charge in [0.25, 0.3) is 5.91 Å². The van der Waals surface area contributed by atoms with Gasteiger partial charge in [0, 0.05) is 15.6 Å². The van der Waals surface area contributed by atoms with Crippen molar-refractivity contribution in [2.45, 2.75) is 13.3 Å². The lowest BCUT2D eigenvalue weighted by Crippen LogP contribution is -2.31. The van der Waals surface area contributed by atoms with Crippen LogP contribution < -0.4 is 10.5 Å². The number of phosphoric ester groups is 1. The molecule has 0 bridgehead atoms. The third-order valence-electron chi connectivity index (χ3n) is 3.75. The normalized spacial score (nSPS) is 12.3. The van der Waals surface area contributed by atoms with Gasteiger partial charge in [-0.25, -0.2) is 17.9 Å². The van der Waals surface area contributed by atoms with E-state index in [0.29, 0.717) is 10.0 Å². The summed E-state index contributed by atoms with van der Waals surface area (Å²) < 4.78 is 17.6. The highest BCUT2D eigenvalue weighted by Gasteiger charge is 2.18. The van der Waals surface area contributed by atoms with Crippen LogP contribution in [0.3, 0.4) is 0 Å². The Kier molecular flexibility index (Phi) is 7.10. The fraction of sp³-hybridized carbons (Fsp3) is 0.118. The maximum Gasteiger partial charge on any atom is 0.471 e. The molecule has 0 saturated heterocycles. The number of halogens is 2. The Hall–Kier alpha value is -2.04. The van der Waals surface area contributed by atoms with Gasteiger partial charge in [-0.1, -0.05) is 35.3 Å². The molecule has 0 radical (unpaired) electrons. The summed E-state index contributed by atoms with van der Waals surface area (Å²) in [6.45, 7) is -0.638. The lowest BCUT2D eigenvalue weighted by atomic mass is 10.2. The van der Waals surface area contributed by atoms with E-state index in [1.807, 2.05) is 0 Å². The van der Waals surface area contributed by atoms with Crippen LogP contribution in [-0.2, 0) is 22.4 Å². The van der Waals surface area contributed by atoms with Crippen LogP contribution in [0.1, 0.15) is 15.9 Å². The van der Waals surface area contributed by atoms with E-state index in [4.69, 9.17) is 33.0 Å². The number of carbonyl (C=O) groups excluding carboxylic acids is 1. The summed E-state index contributed by atoms with van der Waals surface area (Å²) >= 11 is 12.5. The van der Waals surface area contributed by atoms with Gasteiger partial charge in [-0.15, -0.1) is 0 Å². The third-order valence-corrected chi connectivity index (χ3v) is 5.69. The van der Waals surface area contributed by atoms with Crippen molar-refractivity contribution in [3.8, 4) is 0 Å². The Morgan fingerprint density at radius 3 is 2.20 bits per heavy atom. The molecule has 0 atom stereocenters. The highest BCUT2D eigenvalue weighted by Crippen LogP contribution is 2.35. The Labute approximate surface area is 183 Å². The van der Waals surface area contributed by atoms with E-state index in [1.165, 1.54) is 28.2 Å². The summed E-state index contributed by atoms with van der Waals surface area (Å²) in [4.78, 5) is 47.0. The minimum absolute atomic E-state index is 0.0811. The molecule has 3 aromatic rings. The fourth-order valence-corrected chi connectivity index (χ4v) is 3.79. The summed E-state index contributed by atoms with van der Waals surface area (Å²) in [7, 11) is -4.85. The second-order valence-corrected chi connectivity index (χ2v) is 9.02. The summed E-state index contributed by atoms with van der Waals surface area (Å²) in [5, 5.41) is 0.974. The molecule has 2 N–H and O–H groups in total. The van der Waals surface area contributed by atoms with Crippen LogP contribution in [-0.4, -0.2) is 24.2 Å². The molecule has 0 aliphatic heterocycles. The zero-order valence-electron chi connectivity index (χ0n) is 15.0. The average molecular weight is 490 g/mol. The predicted molar refractivity (Wildman–Crippen MR) is 112 cm³/mol. The second-order valence-electron chi connectivity index (χ2n) is 5.92. The molecule has 0 unspecified atom stereocenters. The first-order valence-corrected chi connectivity index (χ1v) is 11.3. The summed E-state index contributed by atoms with van der Waals surface area (Å²) in [5.41, 5.74) is 0.333. The number of carbonyl (C=O) groups is 1. The van der Waals surface area contributed by atoms with Crippen molar-refractivity contribution in [2.75, 3.05) is 0 Å². The zero-order valence-corrected chi connectivity index (χ0v) is 18.2. The number of phosphoric acid groups is 1. The van der Waals surface area contributed by atoms with Crippen LogP contribution in [0.15, 0.2) is 58.3 Å². The minimum atomic E-state index is -4.85. The Bertz CT molecular complexity index is 1230. The quantitative estimate of drug-likeness (QED) is 0.513. The first-order valence-electron chi connectivity index (χ1n) is 8.22. The molecule has 158 valence electrons. The first-order chi connectivity index (χ1) is 14.1. The fourth-order valence-electron chi connectivity index (χ4n) is 2.33.